The predicted octanol–water partition coefficient (Wildman–Crippen LogP) is 1.19. The van der Waals surface area contributed by atoms with Gasteiger partial charge in [-0.1, -0.05) is 6.92 Å². The molecule has 1 aliphatic rings. The van der Waals surface area contributed by atoms with Crippen molar-refractivity contribution >= 4 is 5.97 Å². The summed E-state index contributed by atoms with van der Waals surface area (Å²) in [5, 5.41) is 8.63. The Morgan fingerprint density at radius 2 is 2.25 bits per heavy atom. The van der Waals surface area contributed by atoms with Gasteiger partial charge in [-0.15, -0.1) is 0 Å². The van der Waals surface area contributed by atoms with Crippen molar-refractivity contribution in [3.8, 4) is 0 Å². The van der Waals surface area contributed by atoms with Gasteiger partial charge in [0.2, 0.25) is 0 Å². The molecule has 0 aromatic heterocycles. The molecule has 0 radical (unpaired) electrons. The van der Waals surface area contributed by atoms with E-state index in [2.05, 4.69) is 18.7 Å². The zero-order chi connectivity index (χ0) is 9.14. The van der Waals surface area contributed by atoms with Crippen LogP contribution in [-0.2, 0) is 4.79 Å². The first-order valence-corrected chi connectivity index (χ1v) is 4.57. The monoisotopic (exact) mass is 171 g/mol. The van der Waals surface area contributed by atoms with Gasteiger partial charge in [0.05, 0.1) is 6.54 Å². The first-order chi connectivity index (χ1) is 5.61. The average molecular weight is 171 g/mol. The molecule has 1 fully saturated rings. The third-order valence-corrected chi connectivity index (χ3v) is 2.84. The van der Waals surface area contributed by atoms with Crippen LogP contribution in [0.5, 0.6) is 0 Å². The highest BCUT2D eigenvalue weighted by Gasteiger charge is 2.25. The lowest BCUT2D eigenvalue weighted by atomic mass is 9.92. The normalized spacial score (nSPS) is 31.8. The van der Waals surface area contributed by atoms with Crippen LogP contribution < -0.4 is 0 Å². The second kappa shape index (κ2) is 3.90. The van der Waals surface area contributed by atoms with Crippen molar-refractivity contribution in [2.75, 3.05) is 13.1 Å². The lowest BCUT2D eigenvalue weighted by Gasteiger charge is -2.36. The number of nitrogens with zero attached hydrogens (tertiary/aromatic N) is 1. The van der Waals surface area contributed by atoms with E-state index < -0.39 is 5.97 Å². The number of hydrogen-bond donors (Lipinski definition) is 1. The number of carbonyl (C=O) groups is 1. The van der Waals surface area contributed by atoms with Gasteiger partial charge in [-0.3, -0.25) is 9.69 Å². The summed E-state index contributed by atoms with van der Waals surface area (Å²) in [6, 6.07) is 0.426. The van der Waals surface area contributed by atoms with E-state index in [4.69, 9.17) is 5.11 Å². The number of piperidine rings is 1. The number of hydrogen-bond acceptors (Lipinski definition) is 2. The SMILES string of the molecule is CC1CCCN(CC(=O)O)C1C. The molecule has 0 spiro atoms. The van der Waals surface area contributed by atoms with Crippen LogP contribution in [0.25, 0.3) is 0 Å². The van der Waals surface area contributed by atoms with E-state index in [-0.39, 0.29) is 6.54 Å². The fraction of sp³-hybridized carbons (Fsp3) is 0.889. The van der Waals surface area contributed by atoms with Crippen molar-refractivity contribution in [2.45, 2.75) is 32.7 Å². The zero-order valence-corrected chi connectivity index (χ0v) is 7.79. The molecule has 1 aliphatic heterocycles. The molecule has 1 N–H and O–H groups in total. The Balaban J connectivity index is 2.46. The van der Waals surface area contributed by atoms with E-state index >= 15 is 0 Å². The molecule has 1 heterocycles. The molecule has 3 nitrogen and oxygen atoms in total. The molecule has 3 heteroatoms. The maximum absolute atomic E-state index is 10.5. The highest BCUT2D eigenvalue weighted by atomic mass is 16.4. The third kappa shape index (κ3) is 2.21. The Kier molecular flexibility index (Phi) is 3.09. The van der Waals surface area contributed by atoms with Crippen molar-refractivity contribution in [1.82, 2.24) is 4.90 Å². The van der Waals surface area contributed by atoms with E-state index in [1.807, 2.05) is 0 Å². The largest absolute Gasteiger partial charge is 0.480 e. The van der Waals surface area contributed by atoms with E-state index in [1.54, 1.807) is 0 Å². The van der Waals surface area contributed by atoms with Crippen molar-refractivity contribution in [3.05, 3.63) is 0 Å². The molecular weight excluding hydrogens is 154 g/mol. The molecule has 1 saturated heterocycles. The predicted molar refractivity (Wildman–Crippen MR) is 47.1 cm³/mol. The van der Waals surface area contributed by atoms with Gasteiger partial charge in [-0.2, -0.15) is 0 Å². The molecule has 0 aromatic carbocycles. The van der Waals surface area contributed by atoms with Gasteiger partial charge >= 0.3 is 5.97 Å². The van der Waals surface area contributed by atoms with Crippen molar-refractivity contribution in [1.29, 1.82) is 0 Å². The summed E-state index contributed by atoms with van der Waals surface area (Å²) in [5.41, 5.74) is 0. The van der Waals surface area contributed by atoms with Crippen LogP contribution in [0, 0.1) is 5.92 Å². The Hall–Kier alpha value is -0.570. The first kappa shape index (κ1) is 9.52. The van der Waals surface area contributed by atoms with Crippen LogP contribution in [-0.4, -0.2) is 35.1 Å². The van der Waals surface area contributed by atoms with Crippen LogP contribution in [0.3, 0.4) is 0 Å². The van der Waals surface area contributed by atoms with Crippen LogP contribution in [0.15, 0.2) is 0 Å². The van der Waals surface area contributed by atoms with E-state index in [1.165, 1.54) is 6.42 Å². The first-order valence-electron chi connectivity index (χ1n) is 4.57. The Bertz CT molecular complexity index is 170. The second-order valence-electron chi connectivity index (χ2n) is 3.72. The molecular formula is C9H17NO2. The molecule has 1 rings (SSSR count). The minimum atomic E-state index is -0.712. The quantitative estimate of drug-likeness (QED) is 0.678. The molecule has 2 atom stereocenters. The van der Waals surface area contributed by atoms with E-state index in [0.717, 1.165) is 13.0 Å². The van der Waals surface area contributed by atoms with Gasteiger partial charge in [0, 0.05) is 6.04 Å². The Morgan fingerprint density at radius 3 is 2.83 bits per heavy atom. The minimum Gasteiger partial charge on any atom is -0.480 e. The van der Waals surface area contributed by atoms with Crippen LogP contribution in [0.4, 0.5) is 0 Å². The summed E-state index contributed by atoms with van der Waals surface area (Å²) in [6.07, 6.45) is 2.37. The van der Waals surface area contributed by atoms with Crippen molar-refractivity contribution in [2.24, 2.45) is 5.92 Å². The summed E-state index contributed by atoms with van der Waals surface area (Å²) in [6.45, 7) is 5.45. The van der Waals surface area contributed by atoms with Crippen molar-refractivity contribution < 1.29 is 9.90 Å². The van der Waals surface area contributed by atoms with Crippen LogP contribution in [0.1, 0.15) is 26.7 Å². The number of carboxylic acid groups (broad SMARTS) is 1. The topological polar surface area (TPSA) is 40.5 Å². The van der Waals surface area contributed by atoms with Gasteiger partial charge in [0.25, 0.3) is 0 Å². The van der Waals surface area contributed by atoms with E-state index in [0.29, 0.717) is 12.0 Å². The number of likely N-dealkylation sites (tertiary alicyclic amines) is 1. The molecule has 0 bridgehead atoms. The molecule has 0 aromatic rings. The summed E-state index contributed by atoms with van der Waals surface area (Å²) in [4.78, 5) is 12.5. The molecule has 12 heavy (non-hydrogen) atoms. The highest BCUT2D eigenvalue weighted by molar-refractivity contribution is 5.69. The smallest absolute Gasteiger partial charge is 0.317 e. The number of carboxylic acids is 1. The average Bonchev–Trinajstić information content (AvgIpc) is 1.98. The summed E-state index contributed by atoms with van der Waals surface area (Å²) in [7, 11) is 0. The highest BCUT2D eigenvalue weighted by Crippen LogP contribution is 2.21. The Labute approximate surface area is 73.4 Å². The van der Waals surface area contributed by atoms with Gasteiger partial charge in [0.1, 0.15) is 0 Å². The summed E-state index contributed by atoms with van der Waals surface area (Å²) < 4.78 is 0. The van der Waals surface area contributed by atoms with Crippen LogP contribution >= 0.6 is 0 Å². The minimum absolute atomic E-state index is 0.200. The van der Waals surface area contributed by atoms with Gasteiger partial charge < -0.3 is 5.11 Å². The molecule has 70 valence electrons. The van der Waals surface area contributed by atoms with Crippen molar-refractivity contribution in [3.63, 3.8) is 0 Å². The van der Waals surface area contributed by atoms with Crippen LogP contribution in [0.2, 0.25) is 0 Å². The van der Waals surface area contributed by atoms with Gasteiger partial charge in [0.15, 0.2) is 0 Å². The fourth-order valence-electron chi connectivity index (χ4n) is 1.82. The molecule has 2 unspecified atom stereocenters. The number of aliphatic carboxylic acids is 1. The standard InChI is InChI=1S/C9H17NO2/c1-7-4-3-5-10(8(7)2)6-9(11)12/h7-8H,3-6H2,1-2H3,(H,11,12). The molecule has 0 amide bonds. The maximum Gasteiger partial charge on any atom is 0.317 e. The maximum atomic E-state index is 10.5. The van der Waals surface area contributed by atoms with Gasteiger partial charge in [-0.05, 0) is 32.2 Å². The Morgan fingerprint density at radius 1 is 1.58 bits per heavy atom. The lowest BCUT2D eigenvalue weighted by Crippen LogP contribution is -2.44. The second-order valence-corrected chi connectivity index (χ2v) is 3.72. The fourth-order valence-corrected chi connectivity index (χ4v) is 1.82. The third-order valence-electron chi connectivity index (χ3n) is 2.84. The van der Waals surface area contributed by atoms with E-state index in [9.17, 15) is 4.79 Å². The lowest BCUT2D eigenvalue weighted by molar-refractivity contribution is -0.139. The molecule has 0 saturated carbocycles. The van der Waals surface area contributed by atoms with Gasteiger partial charge in [-0.25, -0.2) is 0 Å². The molecule has 0 aliphatic carbocycles. The summed E-state index contributed by atoms with van der Waals surface area (Å²) in [5.74, 6) is -0.0750. The number of rotatable bonds is 2. The summed E-state index contributed by atoms with van der Waals surface area (Å²) >= 11 is 0. The zero-order valence-electron chi connectivity index (χ0n) is 7.79.